The molecule has 0 bridgehead atoms. The highest BCUT2D eigenvalue weighted by Crippen LogP contribution is 2.22. The minimum Gasteiger partial charge on any atom is -0.399 e. The van der Waals surface area contributed by atoms with Gasteiger partial charge in [-0.05, 0) is 29.4 Å². The Bertz CT molecular complexity index is 410. The van der Waals surface area contributed by atoms with E-state index >= 15 is 0 Å². The summed E-state index contributed by atoms with van der Waals surface area (Å²) in [4.78, 5) is 4.91. The third-order valence-corrected chi connectivity index (χ3v) is 2.87. The van der Waals surface area contributed by atoms with Gasteiger partial charge >= 0.3 is 0 Å². The molecule has 0 saturated heterocycles. The number of rotatable bonds is 5. The molecule has 0 radical (unpaired) electrons. The molecule has 0 heterocycles. The lowest BCUT2D eigenvalue weighted by Gasteiger charge is -2.19. The highest BCUT2D eigenvalue weighted by Gasteiger charge is 2.13. The zero-order valence-corrected chi connectivity index (χ0v) is 11.9. The average Bonchev–Trinajstić information content (AvgIpc) is 2.33. The molecule has 0 aliphatic heterocycles. The number of allylic oxidation sites excluding steroid dienone is 1. The van der Waals surface area contributed by atoms with Crippen molar-refractivity contribution in [2.45, 2.75) is 39.0 Å². The molecule has 0 aliphatic carbocycles. The predicted octanol–water partition coefficient (Wildman–Crippen LogP) is 4.30. The molecule has 0 atom stereocenters. The molecule has 2 nitrogen and oxygen atoms in total. The van der Waals surface area contributed by atoms with Crippen molar-refractivity contribution in [3.63, 3.8) is 0 Å². The Labute approximate surface area is 110 Å². The van der Waals surface area contributed by atoms with Crippen LogP contribution in [-0.4, -0.2) is 12.8 Å². The van der Waals surface area contributed by atoms with Gasteiger partial charge in [0.15, 0.2) is 0 Å². The third kappa shape index (κ3) is 4.02. The van der Waals surface area contributed by atoms with E-state index in [4.69, 9.17) is 4.84 Å². The smallest absolute Gasteiger partial charge is 0.106 e. The Morgan fingerprint density at radius 1 is 1.28 bits per heavy atom. The standard InChI is InChI=1S/C16H23NO/c1-6-7-8-15(17-18-5)13-9-11-14(12-10-13)16(2,3)4/h6,9-12H,1,7-8H2,2-5H3. The van der Waals surface area contributed by atoms with Crippen molar-refractivity contribution in [1.29, 1.82) is 0 Å². The SMILES string of the molecule is C=CCCC(=NOC)c1ccc(C(C)(C)C)cc1. The third-order valence-electron chi connectivity index (χ3n) is 2.87. The van der Waals surface area contributed by atoms with Crippen molar-refractivity contribution in [3.05, 3.63) is 48.0 Å². The first-order chi connectivity index (χ1) is 8.49. The molecule has 98 valence electrons. The van der Waals surface area contributed by atoms with Crippen molar-refractivity contribution < 1.29 is 4.84 Å². The average molecular weight is 245 g/mol. The van der Waals surface area contributed by atoms with Crippen LogP contribution in [0, 0.1) is 0 Å². The normalized spacial score (nSPS) is 12.3. The predicted molar refractivity (Wildman–Crippen MR) is 78.1 cm³/mol. The number of hydrogen-bond acceptors (Lipinski definition) is 2. The zero-order chi connectivity index (χ0) is 13.6. The zero-order valence-electron chi connectivity index (χ0n) is 11.9. The molecule has 0 aromatic heterocycles. The van der Waals surface area contributed by atoms with Crippen LogP contribution in [0.2, 0.25) is 0 Å². The van der Waals surface area contributed by atoms with E-state index in [0.717, 1.165) is 24.1 Å². The molecule has 0 spiro atoms. The van der Waals surface area contributed by atoms with Gasteiger partial charge in [0, 0.05) is 0 Å². The fourth-order valence-corrected chi connectivity index (χ4v) is 1.75. The van der Waals surface area contributed by atoms with Gasteiger partial charge < -0.3 is 4.84 Å². The summed E-state index contributed by atoms with van der Waals surface area (Å²) in [7, 11) is 1.58. The first kappa shape index (κ1) is 14.5. The molecule has 0 fully saturated rings. The van der Waals surface area contributed by atoms with Gasteiger partial charge in [0.1, 0.15) is 7.11 Å². The van der Waals surface area contributed by atoms with E-state index in [0.29, 0.717) is 0 Å². The van der Waals surface area contributed by atoms with E-state index < -0.39 is 0 Å². The van der Waals surface area contributed by atoms with Crippen molar-refractivity contribution in [2.24, 2.45) is 5.16 Å². The van der Waals surface area contributed by atoms with Crippen molar-refractivity contribution in [1.82, 2.24) is 0 Å². The molecule has 1 aromatic carbocycles. The molecule has 18 heavy (non-hydrogen) atoms. The maximum atomic E-state index is 4.91. The summed E-state index contributed by atoms with van der Waals surface area (Å²) >= 11 is 0. The first-order valence-corrected chi connectivity index (χ1v) is 6.31. The van der Waals surface area contributed by atoms with E-state index in [1.54, 1.807) is 7.11 Å². The van der Waals surface area contributed by atoms with Crippen LogP contribution in [0.25, 0.3) is 0 Å². The molecule has 0 saturated carbocycles. The molecule has 0 aliphatic rings. The lowest BCUT2D eigenvalue weighted by Crippen LogP contribution is -2.11. The molecule has 2 heteroatoms. The van der Waals surface area contributed by atoms with Gasteiger partial charge in [0.25, 0.3) is 0 Å². The Morgan fingerprint density at radius 3 is 2.33 bits per heavy atom. The highest BCUT2D eigenvalue weighted by atomic mass is 16.6. The largest absolute Gasteiger partial charge is 0.399 e. The first-order valence-electron chi connectivity index (χ1n) is 6.31. The highest BCUT2D eigenvalue weighted by molar-refractivity contribution is 6.00. The molecule has 1 aromatic rings. The monoisotopic (exact) mass is 245 g/mol. The van der Waals surface area contributed by atoms with Gasteiger partial charge in [0.05, 0.1) is 5.71 Å². The van der Waals surface area contributed by atoms with Crippen molar-refractivity contribution in [2.75, 3.05) is 7.11 Å². The summed E-state index contributed by atoms with van der Waals surface area (Å²) in [5.41, 5.74) is 3.59. The second kappa shape index (κ2) is 6.39. The summed E-state index contributed by atoms with van der Waals surface area (Å²) in [6.45, 7) is 10.4. The van der Waals surface area contributed by atoms with Crippen LogP contribution in [0.3, 0.4) is 0 Å². The molecule has 1 rings (SSSR count). The van der Waals surface area contributed by atoms with E-state index in [9.17, 15) is 0 Å². The Morgan fingerprint density at radius 2 is 1.89 bits per heavy atom. The van der Waals surface area contributed by atoms with Gasteiger partial charge in [0.2, 0.25) is 0 Å². The van der Waals surface area contributed by atoms with Gasteiger partial charge in [-0.2, -0.15) is 0 Å². The van der Waals surface area contributed by atoms with Gasteiger partial charge in [-0.25, -0.2) is 0 Å². The van der Waals surface area contributed by atoms with E-state index in [1.165, 1.54) is 5.56 Å². The van der Waals surface area contributed by atoms with Crippen molar-refractivity contribution >= 4 is 5.71 Å². The van der Waals surface area contributed by atoms with Crippen molar-refractivity contribution in [3.8, 4) is 0 Å². The Hall–Kier alpha value is -1.57. The number of hydrogen-bond donors (Lipinski definition) is 0. The van der Waals surface area contributed by atoms with Gasteiger partial charge in [-0.1, -0.05) is 56.3 Å². The lowest BCUT2D eigenvalue weighted by atomic mass is 9.86. The molecular weight excluding hydrogens is 222 g/mol. The fraction of sp³-hybridized carbons (Fsp3) is 0.438. The van der Waals surface area contributed by atoms with Crippen LogP contribution >= 0.6 is 0 Å². The number of benzene rings is 1. The summed E-state index contributed by atoms with van der Waals surface area (Å²) < 4.78 is 0. The van der Waals surface area contributed by atoms with Gasteiger partial charge in [-0.15, -0.1) is 6.58 Å². The van der Waals surface area contributed by atoms with Crippen LogP contribution < -0.4 is 0 Å². The van der Waals surface area contributed by atoms with Crippen LogP contribution in [0.1, 0.15) is 44.7 Å². The van der Waals surface area contributed by atoms with Crippen LogP contribution in [0.15, 0.2) is 42.1 Å². The molecule has 0 unspecified atom stereocenters. The van der Waals surface area contributed by atoms with E-state index in [1.807, 2.05) is 6.08 Å². The molecular formula is C16H23NO. The number of oxime groups is 1. The topological polar surface area (TPSA) is 21.6 Å². The fourth-order valence-electron chi connectivity index (χ4n) is 1.75. The van der Waals surface area contributed by atoms with Crippen LogP contribution in [0.5, 0.6) is 0 Å². The minimum atomic E-state index is 0.179. The summed E-state index contributed by atoms with van der Waals surface area (Å²) in [6, 6.07) is 8.55. The van der Waals surface area contributed by atoms with Crippen LogP contribution in [0.4, 0.5) is 0 Å². The quantitative estimate of drug-likeness (QED) is 0.430. The minimum absolute atomic E-state index is 0.179. The summed E-state index contributed by atoms with van der Waals surface area (Å²) in [5, 5.41) is 4.09. The Balaban J connectivity index is 2.94. The Kier molecular flexibility index (Phi) is 5.14. The summed E-state index contributed by atoms with van der Waals surface area (Å²) in [5.74, 6) is 0. The second-order valence-corrected chi connectivity index (χ2v) is 5.38. The second-order valence-electron chi connectivity index (χ2n) is 5.38. The van der Waals surface area contributed by atoms with Crippen LogP contribution in [-0.2, 0) is 10.3 Å². The summed E-state index contributed by atoms with van der Waals surface area (Å²) in [6.07, 6.45) is 3.66. The maximum absolute atomic E-state index is 4.91. The van der Waals surface area contributed by atoms with E-state index in [2.05, 4.69) is 56.8 Å². The molecule has 0 N–H and O–H groups in total. The van der Waals surface area contributed by atoms with Gasteiger partial charge in [-0.3, -0.25) is 0 Å². The lowest BCUT2D eigenvalue weighted by molar-refractivity contribution is 0.213. The number of nitrogens with zero attached hydrogens (tertiary/aromatic N) is 1. The maximum Gasteiger partial charge on any atom is 0.106 e. The molecule has 0 amide bonds. The van der Waals surface area contributed by atoms with E-state index in [-0.39, 0.29) is 5.41 Å².